The van der Waals surface area contributed by atoms with Crippen LogP contribution in [0.1, 0.15) is 5.69 Å². The van der Waals surface area contributed by atoms with Crippen molar-refractivity contribution in [3.05, 3.63) is 34.4 Å². The Morgan fingerprint density at radius 3 is 2.53 bits per heavy atom. The van der Waals surface area contributed by atoms with Gasteiger partial charge in [-0.3, -0.25) is 5.84 Å². The Morgan fingerprint density at radius 2 is 1.94 bits per heavy atom. The van der Waals surface area contributed by atoms with Crippen molar-refractivity contribution >= 4 is 32.5 Å². The van der Waals surface area contributed by atoms with Crippen molar-refractivity contribution in [2.75, 3.05) is 5.43 Å². The van der Waals surface area contributed by atoms with E-state index in [4.69, 9.17) is 5.84 Å². The highest BCUT2D eigenvalue weighted by atomic mass is 79.9. The molecule has 2 rings (SSSR count). The molecular formula is C10H7BrF3N3. The molecule has 0 spiro atoms. The lowest BCUT2D eigenvalue weighted by Gasteiger charge is -2.12. The zero-order valence-corrected chi connectivity index (χ0v) is 9.93. The van der Waals surface area contributed by atoms with Crippen LogP contribution in [0.5, 0.6) is 0 Å². The van der Waals surface area contributed by atoms with Crippen LogP contribution in [-0.2, 0) is 6.18 Å². The summed E-state index contributed by atoms with van der Waals surface area (Å²) < 4.78 is 38.7. The molecule has 0 aliphatic carbocycles. The van der Waals surface area contributed by atoms with Crippen molar-refractivity contribution in [2.24, 2.45) is 5.84 Å². The summed E-state index contributed by atoms with van der Waals surface area (Å²) in [5.41, 5.74) is 1.00. The number of rotatable bonds is 1. The van der Waals surface area contributed by atoms with Gasteiger partial charge in [0, 0.05) is 9.86 Å². The molecule has 0 atom stereocenters. The third-order valence-corrected chi connectivity index (χ3v) is 2.70. The van der Waals surface area contributed by atoms with Crippen LogP contribution < -0.4 is 11.3 Å². The van der Waals surface area contributed by atoms with E-state index in [0.29, 0.717) is 9.86 Å². The molecule has 3 N–H and O–H groups in total. The monoisotopic (exact) mass is 305 g/mol. The fourth-order valence-corrected chi connectivity index (χ4v) is 1.82. The van der Waals surface area contributed by atoms with Crippen LogP contribution in [0.3, 0.4) is 0 Å². The van der Waals surface area contributed by atoms with Crippen LogP contribution in [0.2, 0.25) is 0 Å². The number of hydrogen-bond donors (Lipinski definition) is 2. The second-order valence-corrected chi connectivity index (χ2v) is 4.28. The molecule has 0 radical (unpaired) electrons. The van der Waals surface area contributed by atoms with E-state index in [1.807, 2.05) is 5.43 Å². The van der Waals surface area contributed by atoms with Crippen LogP contribution in [0.25, 0.3) is 10.9 Å². The van der Waals surface area contributed by atoms with Crippen molar-refractivity contribution in [3.8, 4) is 0 Å². The van der Waals surface area contributed by atoms with Crippen LogP contribution in [0.15, 0.2) is 28.7 Å². The van der Waals surface area contributed by atoms with Crippen molar-refractivity contribution in [2.45, 2.75) is 6.18 Å². The average molecular weight is 306 g/mol. The third kappa shape index (κ3) is 2.34. The fourth-order valence-electron chi connectivity index (χ4n) is 1.47. The molecule has 2 aromatic rings. The topological polar surface area (TPSA) is 50.9 Å². The molecule has 90 valence electrons. The molecule has 1 aromatic heterocycles. The van der Waals surface area contributed by atoms with Gasteiger partial charge >= 0.3 is 6.18 Å². The molecular weight excluding hydrogens is 299 g/mol. The lowest BCUT2D eigenvalue weighted by atomic mass is 10.1. The maximum Gasteiger partial charge on any atom is 0.435 e. The highest BCUT2D eigenvalue weighted by Crippen LogP contribution is 2.35. The average Bonchev–Trinajstić information content (AvgIpc) is 2.26. The summed E-state index contributed by atoms with van der Waals surface area (Å²) in [5, 5.41) is 0.578. The smallest absolute Gasteiger partial charge is 0.322 e. The van der Waals surface area contributed by atoms with E-state index < -0.39 is 11.9 Å². The second kappa shape index (κ2) is 4.15. The molecule has 0 unspecified atom stereocenters. The highest BCUT2D eigenvalue weighted by molar-refractivity contribution is 9.10. The molecule has 3 nitrogen and oxygen atoms in total. The molecule has 0 amide bonds. The summed E-state index contributed by atoms with van der Waals surface area (Å²) in [7, 11) is 0. The normalized spacial score (nSPS) is 11.8. The van der Waals surface area contributed by atoms with Gasteiger partial charge in [0.15, 0.2) is 5.69 Å². The van der Waals surface area contributed by atoms with Crippen LogP contribution >= 0.6 is 15.9 Å². The third-order valence-electron chi connectivity index (χ3n) is 2.20. The molecule has 17 heavy (non-hydrogen) atoms. The summed E-state index contributed by atoms with van der Waals surface area (Å²) in [6, 6.07) is 6.22. The van der Waals surface area contributed by atoms with E-state index in [2.05, 4.69) is 20.9 Å². The van der Waals surface area contributed by atoms with Gasteiger partial charge in [-0.25, -0.2) is 4.98 Å². The highest BCUT2D eigenvalue weighted by Gasteiger charge is 2.35. The predicted octanol–water partition coefficient (Wildman–Crippen LogP) is 3.30. The largest absolute Gasteiger partial charge is 0.435 e. The number of hydrogen-bond acceptors (Lipinski definition) is 3. The molecule has 1 heterocycles. The first-order valence-corrected chi connectivity index (χ1v) is 5.35. The van der Waals surface area contributed by atoms with E-state index in [9.17, 15) is 13.2 Å². The van der Waals surface area contributed by atoms with Gasteiger partial charge < -0.3 is 5.43 Å². The first-order valence-electron chi connectivity index (χ1n) is 4.56. The molecule has 0 aliphatic heterocycles. The first kappa shape index (κ1) is 12.1. The maximum atomic E-state index is 12.7. The summed E-state index contributed by atoms with van der Waals surface area (Å²) in [6.07, 6.45) is -4.54. The molecule has 0 bridgehead atoms. The van der Waals surface area contributed by atoms with Crippen LogP contribution in [-0.4, -0.2) is 4.98 Å². The minimum Gasteiger partial charge on any atom is -0.322 e. The Morgan fingerprint density at radius 1 is 1.24 bits per heavy atom. The number of benzene rings is 1. The molecule has 0 aliphatic rings. The Hall–Kier alpha value is -1.34. The standard InChI is InChI=1S/C10H7BrF3N3/c11-6-2-1-5-3-8(17-15)9(10(12,13)14)16-7(5)4-6/h1-4,17H,15H2. The van der Waals surface area contributed by atoms with E-state index in [1.54, 1.807) is 12.1 Å². The minimum absolute atomic E-state index is 0.243. The van der Waals surface area contributed by atoms with Crippen molar-refractivity contribution in [3.63, 3.8) is 0 Å². The second-order valence-electron chi connectivity index (χ2n) is 3.36. The molecule has 0 saturated heterocycles. The van der Waals surface area contributed by atoms with Crippen molar-refractivity contribution in [1.29, 1.82) is 0 Å². The molecule has 1 aromatic carbocycles. The zero-order valence-electron chi connectivity index (χ0n) is 8.35. The van der Waals surface area contributed by atoms with Gasteiger partial charge in [0.2, 0.25) is 0 Å². The van der Waals surface area contributed by atoms with Gasteiger partial charge in [-0.1, -0.05) is 22.0 Å². The lowest BCUT2D eigenvalue weighted by molar-refractivity contribution is -0.140. The number of anilines is 1. The summed E-state index contributed by atoms with van der Waals surface area (Å²) >= 11 is 3.18. The number of nitrogens with zero attached hydrogens (tertiary/aromatic N) is 1. The van der Waals surface area contributed by atoms with E-state index in [1.165, 1.54) is 12.1 Å². The van der Waals surface area contributed by atoms with Crippen molar-refractivity contribution in [1.82, 2.24) is 4.98 Å². The quantitative estimate of drug-likeness (QED) is 0.628. The van der Waals surface area contributed by atoms with Gasteiger partial charge in [0.25, 0.3) is 0 Å². The number of alkyl halides is 3. The number of fused-ring (bicyclic) bond motifs is 1. The van der Waals surface area contributed by atoms with E-state index >= 15 is 0 Å². The maximum absolute atomic E-state index is 12.7. The van der Waals surface area contributed by atoms with Gasteiger partial charge in [-0.15, -0.1) is 0 Å². The molecule has 0 saturated carbocycles. The number of pyridine rings is 1. The SMILES string of the molecule is NNc1cc2ccc(Br)cc2nc1C(F)(F)F. The molecule has 0 fully saturated rings. The summed E-state index contributed by atoms with van der Waals surface area (Å²) in [4.78, 5) is 3.58. The zero-order chi connectivity index (χ0) is 12.6. The van der Waals surface area contributed by atoms with Crippen LogP contribution in [0.4, 0.5) is 18.9 Å². The number of nitrogens with two attached hydrogens (primary N) is 1. The van der Waals surface area contributed by atoms with Gasteiger partial charge in [0.05, 0.1) is 11.2 Å². The van der Waals surface area contributed by atoms with Crippen LogP contribution in [0, 0.1) is 0 Å². The number of hydrazine groups is 1. The number of nitrogens with one attached hydrogen (secondary N) is 1. The van der Waals surface area contributed by atoms with E-state index in [0.717, 1.165) is 0 Å². The molecule has 7 heteroatoms. The Labute approximate surface area is 103 Å². The number of halogens is 4. The van der Waals surface area contributed by atoms with Gasteiger partial charge in [-0.2, -0.15) is 13.2 Å². The Kier molecular flexibility index (Phi) is 2.96. The summed E-state index contributed by atoms with van der Waals surface area (Å²) in [5.74, 6) is 5.07. The minimum atomic E-state index is -4.54. The van der Waals surface area contributed by atoms with Gasteiger partial charge in [0.1, 0.15) is 0 Å². The van der Waals surface area contributed by atoms with Gasteiger partial charge in [-0.05, 0) is 18.2 Å². The van der Waals surface area contributed by atoms with E-state index in [-0.39, 0.29) is 11.2 Å². The van der Waals surface area contributed by atoms with Crippen molar-refractivity contribution < 1.29 is 13.2 Å². The number of aromatic nitrogens is 1. The Bertz CT molecular complexity index is 568. The predicted molar refractivity (Wildman–Crippen MR) is 62.3 cm³/mol. The fraction of sp³-hybridized carbons (Fsp3) is 0.100. The summed E-state index contributed by atoms with van der Waals surface area (Å²) in [6.45, 7) is 0. The number of nitrogen functional groups attached to an aromatic ring is 1. The lowest BCUT2D eigenvalue weighted by Crippen LogP contribution is -2.16. The Balaban J connectivity index is 2.74. The first-order chi connectivity index (χ1) is 7.91.